The summed E-state index contributed by atoms with van der Waals surface area (Å²) < 4.78 is 1.93. The van der Waals surface area contributed by atoms with Crippen LogP contribution in [0.2, 0.25) is 0 Å². The maximum Gasteiger partial charge on any atom is 0.0682 e. The van der Waals surface area contributed by atoms with E-state index < -0.39 is 0 Å². The van der Waals surface area contributed by atoms with Crippen LogP contribution < -0.4 is 0 Å². The molecule has 0 atom stereocenters. The Morgan fingerprint density at radius 2 is 1.62 bits per heavy atom. The average Bonchev–Trinajstić information content (AvgIpc) is 2.67. The van der Waals surface area contributed by atoms with E-state index in [-0.39, 0.29) is 5.41 Å². The Kier molecular flexibility index (Phi) is 2.58. The van der Waals surface area contributed by atoms with Crippen LogP contribution >= 0.6 is 0 Å². The molecule has 0 bridgehead atoms. The summed E-state index contributed by atoms with van der Waals surface area (Å²) in [6, 6.07) is 10.5. The number of nitrogens with zero attached hydrogens (tertiary/aromatic N) is 2. The van der Waals surface area contributed by atoms with Gasteiger partial charge in [0, 0.05) is 11.6 Å². The van der Waals surface area contributed by atoms with Crippen molar-refractivity contribution in [3.63, 3.8) is 0 Å². The second kappa shape index (κ2) is 3.78. The molecule has 2 nitrogen and oxygen atoms in total. The molecule has 0 aliphatic carbocycles. The third-order valence-corrected chi connectivity index (χ3v) is 2.66. The van der Waals surface area contributed by atoms with E-state index in [1.54, 1.807) is 0 Å². The van der Waals surface area contributed by atoms with Crippen molar-refractivity contribution in [2.45, 2.75) is 33.1 Å². The first-order valence-corrected chi connectivity index (χ1v) is 5.60. The fourth-order valence-electron chi connectivity index (χ4n) is 1.57. The molecule has 1 aromatic heterocycles. The molecule has 0 aliphatic heterocycles. The summed E-state index contributed by atoms with van der Waals surface area (Å²) in [5.74, 6) is 0. The van der Waals surface area contributed by atoms with Gasteiger partial charge in [-0.15, -0.1) is 0 Å². The monoisotopic (exact) mass is 214 g/mol. The molecule has 1 aromatic carbocycles. The van der Waals surface area contributed by atoms with Crippen LogP contribution in [-0.2, 0) is 5.41 Å². The molecule has 0 fully saturated rings. The van der Waals surface area contributed by atoms with Gasteiger partial charge in [0.2, 0.25) is 0 Å². The van der Waals surface area contributed by atoms with Gasteiger partial charge in [-0.2, -0.15) is 5.10 Å². The summed E-state index contributed by atoms with van der Waals surface area (Å²) >= 11 is 0. The van der Waals surface area contributed by atoms with E-state index in [9.17, 15) is 0 Å². The Balaban J connectivity index is 2.35. The molecule has 16 heavy (non-hydrogen) atoms. The maximum absolute atomic E-state index is 4.60. The van der Waals surface area contributed by atoms with Crippen LogP contribution in [-0.4, -0.2) is 9.78 Å². The maximum atomic E-state index is 4.60. The van der Waals surface area contributed by atoms with E-state index in [0.717, 1.165) is 11.4 Å². The normalized spacial score (nSPS) is 11.8. The van der Waals surface area contributed by atoms with Crippen LogP contribution in [0.3, 0.4) is 0 Å². The van der Waals surface area contributed by atoms with E-state index >= 15 is 0 Å². The SMILES string of the molecule is Cc1ccc(-n2ccc(C(C)(C)C)n2)cc1. The molecule has 1 heterocycles. The molecule has 0 saturated heterocycles. The predicted octanol–water partition coefficient (Wildman–Crippen LogP) is 3.48. The van der Waals surface area contributed by atoms with Crippen molar-refractivity contribution >= 4 is 0 Å². The highest BCUT2D eigenvalue weighted by molar-refractivity contribution is 5.34. The zero-order valence-electron chi connectivity index (χ0n) is 10.4. The Bertz CT molecular complexity index is 472. The number of aromatic nitrogens is 2. The molecule has 0 amide bonds. The molecule has 0 radical (unpaired) electrons. The second-order valence-electron chi connectivity index (χ2n) is 5.23. The lowest BCUT2D eigenvalue weighted by Crippen LogP contribution is -2.12. The number of aryl methyl sites for hydroxylation is 1. The van der Waals surface area contributed by atoms with E-state index in [1.807, 2.05) is 10.9 Å². The van der Waals surface area contributed by atoms with Crippen LogP contribution in [0.5, 0.6) is 0 Å². The smallest absolute Gasteiger partial charge is 0.0682 e. The van der Waals surface area contributed by atoms with Gasteiger partial charge >= 0.3 is 0 Å². The molecular weight excluding hydrogens is 196 g/mol. The number of rotatable bonds is 1. The molecule has 0 N–H and O–H groups in total. The Hall–Kier alpha value is -1.57. The minimum Gasteiger partial charge on any atom is -0.241 e. The van der Waals surface area contributed by atoms with Crippen LogP contribution in [0.1, 0.15) is 32.0 Å². The fourth-order valence-corrected chi connectivity index (χ4v) is 1.57. The van der Waals surface area contributed by atoms with E-state index in [4.69, 9.17) is 0 Å². The Labute approximate surface area is 96.9 Å². The summed E-state index contributed by atoms with van der Waals surface area (Å²) in [5, 5.41) is 4.60. The van der Waals surface area contributed by atoms with Crippen molar-refractivity contribution in [2.75, 3.05) is 0 Å². The van der Waals surface area contributed by atoms with E-state index in [1.165, 1.54) is 5.56 Å². The van der Waals surface area contributed by atoms with Gasteiger partial charge in [0.15, 0.2) is 0 Å². The van der Waals surface area contributed by atoms with Gasteiger partial charge in [0.25, 0.3) is 0 Å². The third kappa shape index (κ3) is 2.16. The zero-order valence-corrected chi connectivity index (χ0v) is 10.4. The highest BCUT2D eigenvalue weighted by atomic mass is 15.3. The molecule has 0 spiro atoms. The van der Waals surface area contributed by atoms with Crippen LogP contribution in [0.25, 0.3) is 5.69 Å². The van der Waals surface area contributed by atoms with Crippen LogP contribution in [0.4, 0.5) is 0 Å². The number of benzene rings is 1. The first-order valence-electron chi connectivity index (χ1n) is 5.60. The van der Waals surface area contributed by atoms with Crippen molar-refractivity contribution in [1.29, 1.82) is 0 Å². The van der Waals surface area contributed by atoms with Gasteiger partial charge in [-0.25, -0.2) is 4.68 Å². The largest absolute Gasteiger partial charge is 0.241 e. The topological polar surface area (TPSA) is 17.8 Å². The molecular formula is C14H18N2. The van der Waals surface area contributed by atoms with Crippen LogP contribution in [0.15, 0.2) is 36.5 Å². The predicted molar refractivity (Wildman–Crippen MR) is 67.0 cm³/mol. The summed E-state index contributed by atoms with van der Waals surface area (Å²) in [7, 11) is 0. The molecule has 2 heteroatoms. The van der Waals surface area contributed by atoms with Crippen molar-refractivity contribution < 1.29 is 0 Å². The highest BCUT2D eigenvalue weighted by Crippen LogP contribution is 2.20. The minimum absolute atomic E-state index is 0.107. The fraction of sp³-hybridized carbons (Fsp3) is 0.357. The lowest BCUT2D eigenvalue weighted by molar-refractivity contribution is 0.560. The molecule has 2 rings (SSSR count). The Morgan fingerprint density at radius 1 is 1.00 bits per heavy atom. The van der Waals surface area contributed by atoms with Gasteiger partial charge in [-0.3, -0.25) is 0 Å². The number of hydrogen-bond donors (Lipinski definition) is 0. The molecule has 0 saturated carbocycles. The molecule has 2 aromatic rings. The lowest BCUT2D eigenvalue weighted by atomic mass is 9.93. The quantitative estimate of drug-likeness (QED) is 0.710. The zero-order chi connectivity index (χ0) is 11.8. The van der Waals surface area contributed by atoms with Gasteiger partial charge in [-0.05, 0) is 25.1 Å². The minimum atomic E-state index is 0.107. The van der Waals surface area contributed by atoms with Crippen molar-refractivity contribution in [2.24, 2.45) is 0 Å². The van der Waals surface area contributed by atoms with Gasteiger partial charge < -0.3 is 0 Å². The molecule has 0 unspecified atom stereocenters. The summed E-state index contributed by atoms with van der Waals surface area (Å²) in [4.78, 5) is 0. The summed E-state index contributed by atoms with van der Waals surface area (Å²) in [6.07, 6.45) is 2.02. The highest BCUT2D eigenvalue weighted by Gasteiger charge is 2.16. The second-order valence-corrected chi connectivity index (χ2v) is 5.23. The first-order chi connectivity index (χ1) is 7.47. The van der Waals surface area contributed by atoms with Gasteiger partial charge in [0.1, 0.15) is 0 Å². The molecule has 84 valence electrons. The van der Waals surface area contributed by atoms with Crippen molar-refractivity contribution in [1.82, 2.24) is 9.78 Å². The van der Waals surface area contributed by atoms with E-state index in [2.05, 4.69) is 63.1 Å². The third-order valence-electron chi connectivity index (χ3n) is 2.66. The lowest BCUT2D eigenvalue weighted by Gasteiger charge is -2.14. The Morgan fingerprint density at radius 3 is 2.12 bits per heavy atom. The van der Waals surface area contributed by atoms with Crippen molar-refractivity contribution in [3.8, 4) is 5.69 Å². The molecule has 0 aliphatic rings. The standard InChI is InChI=1S/C14H18N2/c1-11-5-7-12(8-6-11)16-10-9-13(15-16)14(2,3)4/h5-10H,1-4H3. The van der Waals surface area contributed by atoms with Crippen molar-refractivity contribution in [3.05, 3.63) is 47.8 Å². The average molecular weight is 214 g/mol. The number of hydrogen-bond acceptors (Lipinski definition) is 1. The van der Waals surface area contributed by atoms with E-state index in [0.29, 0.717) is 0 Å². The van der Waals surface area contributed by atoms with Gasteiger partial charge in [0.05, 0.1) is 11.4 Å². The first kappa shape index (κ1) is 10.9. The summed E-state index contributed by atoms with van der Waals surface area (Å²) in [6.45, 7) is 8.62. The van der Waals surface area contributed by atoms with Crippen LogP contribution in [0, 0.1) is 6.92 Å². The van der Waals surface area contributed by atoms with Gasteiger partial charge in [-0.1, -0.05) is 38.5 Å². The summed E-state index contributed by atoms with van der Waals surface area (Å²) in [5.41, 5.74) is 3.61.